The normalized spacial score (nSPS) is 16.9. The van der Waals surface area contributed by atoms with Crippen LogP contribution in [0.1, 0.15) is 6.92 Å². The highest BCUT2D eigenvalue weighted by molar-refractivity contribution is 7.47. The number of phosphoric ester groups is 2. The van der Waals surface area contributed by atoms with Gasteiger partial charge in [0.1, 0.15) is 0 Å². The van der Waals surface area contributed by atoms with Gasteiger partial charge in [-0.05, 0) is 6.92 Å². The highest BCUT2D eigenvalue weighted by atomic mass is 31.2. The lowest BCUT2D eigenvalue weighted by molar-refractivity contribution is 0.0483. The van der Waals surface area contributed by atoms with Crippen molar-refractivity contribution < 1.29 is 37.4 Å². The first-order chi connectivity index (χ1) is 5.77. The van der Waals surface area contributed by atoms with Crippen LogP contribution in [0.2, 0.25) is 0 Å². The third-order valence-electron chi connectivity index (χ3n) is 0.729. The van der Waals surface area contributed by atoms with E-state index in [1.807, 2.05) is 0 Å². The van der Waals surface area contributed by atoms with Crippen molar-refractivity contribution in [2.24, 2.45) is 0 Å². The summed E-state index contributed by atoms with van der Waals surface area (Å²) in [6, 6.07) is 0. The molecule has 0 saturated carbocycles. The van der Waals surface area contributed by atoms with Crippen molar-refractivity contribution >= 4 is 15.6 Å². The zero-order valence-electron chi connectivity index (χ0n) is 6.69. The second kappa shape index (κ2) is 5.19. The Labute approximate surface area is 74.3 Å². The molecular weight excluding hydrogens is 226 g/mol. The molecule has 80 valence electrons. The standard InChI is InChI=1S/C3H10O8P2/c1-2-9-13(7,8)11-3-10-12(4,5)6/h2-3H2,1H3,(H,7,8)(H2,4,5,6). The minimum absolute atomic E-state index is 0.0658. The number of rotatable bonds is 6. The van der Waals surface area contributed by atoms with Gasteiger partial charge in [-0.1, -0.05) is 0 Å². The molecule has 13 heavy (non-hydrogen) atoms. The Balaban J connectivity index is 3.77. The molecule has 0 aromatic carbocycles. The van der Waals surface area contributed by atoms with Gasteiger partial charge in [-0.15, -0.1) is 0 Å². The van der Waals surface area contributed by atoms with Crippen LogP contribution in [0.25, 0.3) is 0 Å². The largest absolute Gasteiger partial charge is 0.474 e. The summed E-state index contributed by atoms with van der Waals surface area (Å²) in [6.07, 6.45) is 0. The molecule has 0 aliphatic heterocycles. The molecular formula is C3H10O8P2. The van der Waals surface area contributed by atoms with Crippen LogP contribution >= 0.6 is 15.6 Å². The topological polar surface area (TPSA) is 123 Å². The van der Waals surface area contributed by atoms with Gasteiger partial charge in [0, 0.05) is 0 Å². The number of hydrogen-bond acceptors (Lipinski definition) is 5. The molecule has 8 nitrogen and oxygen atoms in total. The van der Waals surface area contributed by atoms with E-state index in [1.165, 1.54) is 6.92 Å². The first-order valence-corrected chi connectivity index (χ1v) is 6.11. The van der Waals surface area contributed by atoms with Gasteiger partial charge in [0.05, 0.1) is 6.61 Å². The van der Waals surface area contributed by atoms with Crippen LogP contribution in [-0.4, -0.2) is 28.1 Å². The van der Waals surface area contributed by atoms with Gasteiger partial charge in [0.25, 0.3) is 0 Å². The van der Waals surface area contributed by atoms with Crippen molar-refractivity contribution in [2.45, 2.75) is 6.92 Å². The number of hydrogen-bond donors (Lipinski definition) is 3. The molecule has 0 aromatic rings. The van der Waals surface area contributed by atoms with E-state index in [2.05, 4.69) is 13.6 Å². The molecule has 0 fully saturated rings. The predicted octanol–water partition coefficient (Wildman–Crippen LogP) is 0.207. The average molecular weight is 236 g/mol. The highest BCUT2D eigenvalue weighted by Gasteiger charge is 2.22. The molecule has 0 aliphatic rings. The second-order valence-electron chi connectivity index (χ2n) is 1.75. The summed E-state index contributed by atoms with van der Waals surface area (Å²) in [5.41, 5.74) is 0. The molecule has 0 amide bonds. The SMILES string of the molecule is CCOP(=O)(O)OCOP(=O)(O)O. The van der Waals surface area contributed by atoms with Crippen LogP contribution in [-0.2, 0) is 22.7 Å². The summed E-state index contributed by atoms with van der Waals surface area (Å²) in [6.45, 7) is 0.373. The molecule has 1 atom stereocenters. The quantitative estimate of drug-likeness (QED) is 0.441. The maximum Gasteiger partial charge on any atom is 0.474 e. The number of phosphoric acid groups is 2. The van der Waals surface area contributed by atoms with E-state index < -0.39 is 22.4 Å². The lowest BCUT2D eigenvalue weighted by atomic mass is 10.9. The molecule has 0 saturated heterocycles. The molecule has 0 spiro atoms. The summed E-state index contributed by atoms with van der Waals surface area (Å²) in [5, 5.41) is 0. The van der Waals surface area contributed by atoms with E-state index in [1.54, 1.807) is 0 Å². The fraction of sp³-hybridized carbons (Fsp3) is 1.00. The lowest BCUT2D eigenvalue weighted by Gasteiger charge is -2.10. The van der Waals surface area contributed by atoms with Crippen molar-refractivity contribution in [1.29, 1.82) is 0 Å². The van der Waals surface area contributed by atoms with Crippen molar-refractivity contribution in [2.75, 3.05) is 13.4 Å². The third-order valence-corrected chi connectivity index (χ3v) is 2.19. The van der Waals surface area contributed by atoms with E-state index in [0.717, 1.165) is 0 Å². The Bertz CT molecular complexity index is 232. The van der Waals surface area contributed by atoms with E-state index >= 15 is 0 Å². The van der Waals surface area contributed by atoms with Crippen LogP contribution in [0.5, 0.6) is 0 Å². The zero-order valence-corrected chi connectivity index (χ0v) is 8.48. The van der Waals surface area contributed by atoms with Gasteiger partial charge in [-0.25, -0.2) is 9.13 Å². The van der Waals surface area contributed by atoms with Gasteiger partial charge in [-0.3, -0.25) is 13.6 Å². The maximum absolute atomic E-state index is 10.7. The Morgan fingerprint density at radius 3 is 2.00 bits per heavy atom. The summed E-state index contributed by atoms with van der Waals surface area (Å²) in [4.78, 5) is 25.0. The molecule has 0 aliphatic carbocycles. The van der Waals surface area contributed by atoms with Crippen LogP contribution < -0.4 is 0 Å². The van der Waals surface area contributed by atoms with Gasteiger partial charge in [0.2, 0.25) is 0 Å². The summed E-state index contributed by atoms with van der Waals surface area (Å²) >= 11 is 0. The highest BCUT2D eigenvalue weighted by Crippen LogP contribution is 2.45. The molecule has 10 heteroatoms. The molecule has 0 aromatic heterocycles. The lowest BCUT2D eigenvalue weighted by Crippen LogP contribution is -1.99. The molecule has 1 unspecified atom stereocenters. The van der Waals surface area contributed by atoms with Crippen LogP contribution in [0.4, 0.5) is 0 Å². The second-order valence-corrected chi connectivity index (χ2v) is 4.45. The van der Waals surface area contributed by atoms with Crippen LogP contribution in [0, 0.1) is 0 Å². The van der Waals surface area contributed by atoms with Crippen molar-refractivity contribution in [3.8, 4) is 0 Å². The van der Waals surface area contributed by atoms with E-state index in [0.29, 0.717) is 0 Å². The first kappa shape index (κ1) is 13.2. The Morgan fingerprint density at radius 1 is 1.08 bits per heavy atom. The molecule has 0 radical (unpaired) electrons. The van der Waals surface area contributed by atoms with Gasteiger partial charge >= 0.3 is 15.6 Å². The minimum atomic E-state index is -4.68. The predicted molar refractivity (Wildman–Crippen MR) is 40.5 cm³/mol. The first-order valence-electron chi connectivity index (χ1n) is 3.09. The Morgan fingerprint density at radius 2 is 1.62 bits per heavy atom. The van der Waals surface area contributed by atoms with Gasteiger partial charge in [0.15, 0.2) is 6.79 Å². The summed E-state index contributed by atoms with van der Waals surface area (Å²) < 4.78 is 32.7. The Kier molecular flexibility index (Phi) is 5.28. The average Bonchev–Trinajstić information content (AvgIpc) is 1.82. The fourth-order valence-electron chi connectivity index (χ4n) is 0.359. The molecule has 3 N–H and O–H groups in total. The molecule has 0 rings (SSSR count). The summed E-state index contributed by atoms with van der Waals surface area (Å²) in [7, 11) is -8.93. The third kappa shape index (κ3) is 8.55. The molecule has 0 bridgehead atoms. The van der Waals surface area contributed by atoms with Crippen molar-refractivity contribution in [1.82, 2.24) is 0 Å². The summed E-state index contributed by atoms with van der Waals surface area (Å²) in [5.74, 6) is 0. The Hall–Kier alpha value is 0.220. The fourth-order valence-corrected chi connectivity index (χ4v) is 1.22. The van der Waals surface area contributed by atoms with Crippen molar-refractivity contribution in [3.63, 3.8) is 0 Å². The smallest absolute Gasteiger partial charge is 0.303 e. The maximum atomic E-state index is 10.7. The van der Waals surface area contributed by atoms with Crippen LogP contribution in [0.15, 0.2) is 0 Å². The zero-order chi connectivity index (χ0) is 10.5. The monoisotopic (exact) mass is 236 g/mol. The molecule has 0 heterocycles. The minimum Gasteiger partial charge on any atom is -0.303 e. The van der Waals surface area contributed by atoms with Gasteiger partial charge < -0.3 is 14.7 Å². The van der Waals surface area contributed by atoms with E-state index in [-0.39, 0.29) is 6.61 Å². The van der Waals surface area contributed by atoms with E-state index in [4.69, 9.17) is 14.7 Å². The van der Waals surface area contributed by atoms with Gasteiger partial charge in [-0.2, -0.15) is 0 Å². The van der Waals surface area contributed by atoms with E-state index in [9.17, 15) is 9.13 Å². The van der Waals surface area contributed by atoms with Crippen LogP contribution in [0.3, 0.4) is 0 Å². The van der Waals surface area contributed by atoms with Crippen molar-refractivity contribution in [3.05, 3.63) is 0 Å².